The van der Waals surface area contributed by atoms with Gasteiger partial charge < -0.3 is 10.1 Å². The van der Waals surface area contributed by atoms with Crippen LogP contribution in [-0.4, -0.2) is 18.9 Å². The summed E-state index contributed by atoms with van der Waals surface area (Å²) in [5, 5.41) is 5.33. The minimum atomic E-state index is -0.373. The molecule has 0 bridgehead atoms. The molecule has 1 aromatic rings. The second-order valence-corrected chi connectivity index (χ2v) is 8.34. The number of thiophene rings is 1. The van der Waals surface area contributed by atoms with Crippen LogP contribution in [0.5, 0.6) is 0 Å². The number of ketones is 1. The van der Waals surface area contributed by atoms with E-state index in [0.29, 0.717) is 12.0 Å². The molecule has 2 aliphatic rings. The monoisotopic (exact) mass is 345 g/mol. The van der Waals surface area contributed by atoms with E-state index in [0.717, 1.165) is 33.8 Å². The number of allylic oxidation sites excluding steroid dienone is 3. The number of dihydropyridines is 1. The molecule has 0 amide bonds. The van der Waals surface area contributed by atoms with Crippen molar-refractivity contribution in [2.45, 2.75) is 46.5 Å². The largest absolute Gasteiger partial charge is 0.466 e. The summed E-state index contributed by atoms with van der Waals surface area (Å²) in [4.78, 5) is 26.5. The molecule has 0 radical (unpaired) electrons. The molecule has 0 spiro atoms. The maximum absolute atomic E-state index is 13.0. The molecule has 0 unspecified atom stereocenters. The summed E-state index contributed by atoms with van der Waals surface area (Å²) in [6.45, 7) is 8.13. The first-order chi connectivity index (χ1) is 11.2. The fourth-order valence-corrected chi connectivity index (χ4v) is 4.80. The third-order valence-electron chi connectivity index (χ3n) is 4.81. The topological polar surface area (TPSA) is 55.4 Å². The summed E-state index contributed by atoms with van der Waals surface area (Å²) in [5.41, 5.74) is 4.07. The first-order valence-corrected chi connectivity index (χ1v) is 8.99. The van der Waals surface area contributed by atoms with E-state index in [1.54, 1.807) is 11.3 Å². The third kappa shape index (κ3) is 2.71. The Bertz CT molecular complexity index is 782. The van der Waals surface area contributed by atoms with Gasteiger partial charge in [0.15, 0.2) is 5.78 Å². The molecule has 1 aliphatic heterocycles. The van der Waals surface area contributed by atoms with E-state index in [4.69, 9.17) is 4.74 Å². The lowest BCUT2D eigenvalue weighted by atomic mass is 9.69. The molecule has 0 aromatic carbocycles. The van der Waals surface area contributed by atoms with E-state index in [1.165, 1.54) is 7.11 Å². The van der Waals surface area contributed by atoms with Gasteiger partial charge in [0.1, 0.15) is 0 Å². The van der Waals surface area contributed by atoms with Gasteiger partial charge in [0.05, 0.1) is 18.6 Å². The number of rotatable bonds is 2. The van der Waals surface area contributed by atoms with Crippen molar-refractivity contribution in [3.8, 4) is 0 Å². The summed E-state index contributed by atoms with van der Waals surface area (Å²) >= 11 is 1.59. The fourth-order valence-electron chi connectivity index (χ4n) is 3.76. The van der Waals surface area contributed by atoms with E-state index in [9.17, 15) is 9.59 Å². The number of methoxy groups -OCH3 is 1. The highest BCUT2D eigenvalue weighted by Gasteiger charge is 2.43. The van der Waals surface area contributed by atoms with Crippen LogP contribution in [0.15, 0.2) is 34.0 Å². The van der Waals surface area contributed by atoms with Gasteiger partial charge in [-0.05, 0) is 42.7 Å². The predicted octanol–water partition coefficient (Wildman–Crippen LogP) is 3.83. The SMILES string of the molecule is COC(=O)C1=C(C)NC2=C(C(=O)CC(C)(C)C2)[C@H]1c1sccc1C. The number of hydrogen-bond acceptors (Lipinski definition) is 5. The number of ether oxygens (including phenoxy) is 1. The predicted molar refractivity (Wildman–Crippen MR) is 94.7 cm³/mol. The number of aryl methyl sites for hydroxylation is 1. The van der Waals surface area contributed by atoms with Crippen LogP contribution < -0.4 is 5.32 Å². The number of carbonyl (C=O) groups is 2. The van der Waals surface area contributed by atoms with Crippen LogP contribution >= 0.6 is 11.3 Å². The molecule has 3 rings (SSSR count). The molecule has 4 nitrogen and oxygen atoms in total. The second-order valence-electron chi connectivity index (χ2n) is 7.39. The highest BCUT2D eigenvalue weighted by molar-refractivity contribution is 7.10. The van der Waals surface area contributed by atoms with E-state index in [-0.39, 0.29) is 23.1 Å². The molecule has 1 N–H and O–H groups in total. The zero-order valence-electron chi connectivity index (χ0n) is 14.8. The molecule has 1 aliphatic carbocycles. The average Bonchev–Trinajstić information content (AvgIpc) is 2.89. The number of Topliss-reactive ketones (excluding diaryl/α,β-unsaturated/α-hetero) is 1. The highest BCUT2D eigenvalue weighted by atomic mass is 32.1. The summed E-state index contributed by atoms with van der Waals surface area (Å²) in [7, 11) is 1.39. The molecule has 0 saturated heterocycles. The standard InChI is InChI=1S/C19H23NO3S/c1-10-6-7-24-17(10)16-14(18(22)23-5)11(2)20-12-8-19(3,4)9-13(21)15(12)16/h6-7,16,20H,8-9H2,1-5H3/t16-/m0/s1. The summed E-state index contributed by atoms with van der Waals surface area (Å²) in [6, 6.07) is 2.03. The Hall–Kier alpha value is -1.88. The van der Waals surface area contributed by atoms with E-state index >= 15 is 0 Å². The smallest absolute Gasteiger partial charge is 0.336 e. The van der Waals surface area contributed by atoms with Crippen molar-refractivity contribution in [2.75, 3.05) is 7.11 Å². The first-order valence-electron chi connectivity index (χ1n) is 8.11. The molecule has 1 atom stereocenters. The van der Waals surface area contributed by atoms with E-state index < -0.39 is 0 Å². The van der Waals surface area contributed by atoms with Crippen LogP contribution in [0.25, 0.3) is 0 Å². The van der Waals surface area contributed by atoms with Crippen molar-refractivity contribution in [3.63, 3.8) is 0 Å². The van der Waals surface area contributed by atoms with Gasteiger partial charge >= 0.3 is 5.97 Å². The van der Waals surface area contributed by atoms with Crippen molar-refractivity contribution in [3.05, 3.63) is 44.4 Å². The van der Waals surface area contributed by atoms with Gasteiger partial charge in [-0.2, -0.15) is 0 Å². The van der Waals surface area contributed by atoms with Crippen LogP contribution in [0.3, 0.4) is 0 Å². The van der Waals surface area contributed by atoms with Gasteiger partial charge in [-0.3, -0.25) is 4.79 Å². The van der Waals surface area contributed by atoms with Crippen LogP contribution in [-0.2, 0) is 14.3 Å². The van der Waals surface area contributed by atoms with Crippen LogP contribution in [0.1, 0.15) is 50.0 Å². The Labute approximate surface area is 146 Å². The molecule has 128 valence electrons. The first kappa shape index (κ1) is 17.0. The van der Waals surface area contributed by atoms with Gasteiger partial charge in [-0.1, -0.05) is 13.8 Å². The Morgan fingerprint density at radius 2 is 2.04 bits per heavy atom. The number of nitrogens with one attached hydrogen (secondary N) is 1. The number of hydrogen-bond donors (Lipinski definition) is 1. The minimum absolute atomic E-state index is 0.0684. The zero-order valence-corrected chi connectivity index (χ0v) is 15.6. The molecule has 1 aromatic heterocycles. The maximum atomic E-state index is 13.0. The van der Waals surface area contributed by atoms with Crippen molar-refractivity contribution < 1.29 is 14.3 Å². The number of esters is 1. The Morgan fingerprint density at radius 3 is 2.62 bits per heavy atom. The second kappa shape index (κ2) is 5.88. The van der Waals surface area contributed by atoms with Crippen molar-refractivity contribution in [2.24, 2.45) is 5.41 Å². The summed E-state index contributed by atoms with van der Waals surface area (Å²) in [6.07, 6.45) is 1.31. The third-order valence-corrected chi connectivity index (χ3v) is 5.89. The molecule has 0 fully saturated rings. The molecule has 2 heterocycles. The minimum Gasteiger partial charge on any atom is -0.466 e. The molecule has 24 heavy (non-hydrogen) atoms. The van der Waals surface area contributed by atoms with E-state index in [1.807, 2.05) is 25.3 Å². The van der Waals surface area contributed by atoms with Gasteiger partial charge in [-0.15, -0.1) is 11.3 Å². The lowest BCUT2D eigenvalue weighted by molar-refractivity contribution is -0.136. The quantitative estimate of drug-likeness (QED) is 0.828. The highest BCUT2D eigenvalue weighted by Crippen LogP contribution is 2.48. The lowest BCUT2D eigenvalue weighted by Gasteiger charge is -2.39. The zero-order chi connectivity index (χ0) is 17.6. The molecular formula is C19H23NO3S. The van der Waals surface area contributed by atoms with E-state index in [2.05, 4.69) is 19.2 Å². The van der Waals surface area contributed by atoms with Crippen molar-refractivity contribution >= 4 is 23.1 Å². The van der Waals surface area contributed by atoms with Crippen LogP contribution in [0, 0.1) is 12.3 Å². The fraction of sp³-hybridized carbons (Fsp3) is 0.474. The van der Waals surface area contributed by atoms with Gasteiger partial charge in [-0.25, -0.2) is 4.79 Å². The van der Waals surface area contributed by atoms with Gasteiger partial charge in [0.25, 0.3) is 0 Å². The lowest BCUT2D eigenvalue weighted by Crippen LogP contribution is -2.38. The van der Waals surface area contributed by atoms with Crippen molar-refractivity contribution in [1.29, 1.82) is 0 Å². The van der Waals surface area contributed by atoms with Crippen LogP contribution in [0.4, 0.5) is 0 Å². The Kier molecular flexibility index (Phi) is 4.16. The molecule has 0 saturated carbocycles. The normalized spacial score (nSPS) is 23.0. The Morgan fingerprint density at radius 1 is 1.33 bits per heavy atom. The Balaban J connectivity index is 2.21. The summed E-state index contributed by atoms with van der Waals surface area (Å²) < 4.78 is 5.02. The van der Waals surface area contributed by atoms with Crippen LogP contribution in [0.2, 0.25) is 0 Å². The maximum Gasteiger partial charge on any atom is 0.336 e. The number of carbonyl (C=O) groups excluding carboxylic acids is 2. The van der Waals surface area contributed by atoms with Gasteiger partial charge in [0.2, 0.25) is 0 Å². The van der Waals surface area contributed by atoms with Gasteiger partial charge in [0, 0.05) is 28.3 Å². The van der Waals surface area contributed by atoms with Crippen molar-refractivity contribution in [1.82, 2.24) is 5.32 Å². The molecular weight excluding hydrogens is 322 g/mol. The summed E-state index contributed by atoms with van der Waals surface area (Å²) in [5.74, 6) is -0.570. The average molecular weight is 345 g/mol. The molecule has 5 heteroatoms.